The minimum atomic E-state index is -4.84. The van der Waals surface area contributed by atoms with Gasteiger partial charge in [-0.15, -0.1) is 0 Å². The van der Waals surface area contributed by atoms with Crippen LogP contribution in [0.2, 0.25) is 10.0 Å². The number of alkyl halides is 3. The number of amides is 2. The highest BCUT2D eigenvalue weighted by Crippen LogP contribution is 2.37. The first kappa shape index (κ1) is 26.5. The van der Waals surface area contributed by atoms with Crippen molar-refractivity contribution in [3.8, 4) is 5.82 Å². The van der Waals surface area contributed by atoms with Crippen molar-refractivity contribution in [1.82, 2.24) is 20.1 Å². The van der Waals surface area contributed by atoms with Crippen LogP contribution in [0, 0.1) is 0 Å². The fraction of sp³-hybridized carbons (Fsp3) is 0.200. The number of rotatable bonds is 5. The predicted octanol–water partition coefficient (Wildman–Crippen LogP) is 7.04. The van der Waals surface area contributed by atoms with Crippen LogP contribution in [0.5, 0.6) is 0 Å². The molecule has 2 heterocycles. The molecule has 0 spiro atoms. The zero-order valence-corrected chi connectivity index (χ0v) is 22.3. The number of halogens is 6. The van der Waals surface area contributed by atoms with Crippen LogP contribution in [0.1, 0.15) is 45.8 Å². The van der Waals surface area contributed by atoms with Gasteiger partial charge in [-0.25, -0.2) is 9.67 Å². The number of anilines is 1. The Labute approximate surface area is 232 Å². The van der Waals surface area contributed by atoms with Crippen molar-refractivity contribution in [3.63, 3.8) is 0 Å². The van der Waals surface area contributed by atoms with Crippen molar-refractivity contribution in [2.45, 2.75) is 31.5 Å². The average molecular weight is 627 g/mol. The summed E-state index contributed by atoms with van der Waals surface area (Å²) in [5.41, 5.74) is -1.80. The number of aromatic nitrogens is 3. The summed E-state index contributed by atoms with van der Waals surface area (Å²) in [5, 5.41) is 10.2. The van der Waals surface area contributed by atoms with Gasteiger partial charge in [0.05, 0.1) is 21.3 Å². The molecule has 2 aromatic carbocycles. The quantitative estimate of drug-likeness (QED) is 0.249. The van der Waals surface area contributed by atoms with Crippen LogP contribution in [0.25, 0.3) is 16.6 Å². The molecule has 0 saturated heterocycles. The highest BCUT2D eigenvalue weighted by atomic mass is 79.9. The first-order valence-electron chi connectivity index (χ1n) is 11.3. The van der Waals surface area contributed by atoms with E-state index in [9.17, 15) is 22.8 Å². The number of hydrogen-bond acceptors (Lipinski definition) is 4. The highest BCUT2D eigenvalue weighted by molar-refractivity contribution is 9.10. The van der Waals surface area contributed by atoms with Gasteiger partial charge in [-0.2, -0.15) is 18.3 Å². The number of fused-ring (bicyclic) bond motifs is 1. The molecule has 196 valence electrons. The standard InChI is InChI=1S/C25H17BrCl2F3N5O2/c26-13-6-7-15-12(9-13)10-16(23(37)33-14-3-1-4-14)21(20(15)28)34-24(38)18-11-19(25(29,30)31)35-36(18)22-17(27)5-2-8-32-22/h2,5-11,14H,1,3-4H2,(H,33,37)(H,34,38). The van der Waals surface area contributed by atoms with Gasteiger partial charge in [0.1, 0.15) is 5.69 Å². The van der Waals surface area contributed by atoms with Crippen molar-refractivity contribution in [3.05, 3.63) is 80.1 Å². The van der Waals surface area contributed by atoms with Gasteiger partial charge >= 0.3 is 6.18 Å². The SMILES string of the molecule is O=C(NC1CCC1)c1cc2cc(Br)ccc2c(Cl)c1NC(=O)c1cc(C(F)(F)F)nn1-c1ncccc1Cl. The molecule has 0 bridgehead atoms. The van der Waals surface area contributed by atoms with Crippen molar-refractivity contribution in [1.29, 1.82) is 0 Å². The van der Waals surface area contributed by atoms with Gasteiger partial charge in [0.15, 0.2) is 11.5 Å². The van der Waals surface area contributed by atoms with Crippen molar-refractivity contribution in [2.24, 2.45) is 0 Å². The van der Waals surface area contributed by atoms with Gasteiger partial charge < -0.3 is 10.6 Å². The molecule has 2 aromatic heterocycles. The summed E-state index contributed by atoms with van der Waals surface area (Å²) in [5.74, 6) is -1.64. The fourth-order valence-electron chi connectivity index (χ4n) is 4.00. The molecule has 13 heteroatoms. The van der Waals surface area contributed by atoms with Crippen LogP contribution in [0.4, 0.5) is 18.9 Å². The van der Waals surface area contributed by atoms with E-state index >= 15 is 0 Å². The minimum Gasteiger partial charge on any atom is -0.349 e. The fourth-order valence-corrected chi connectivity index (χ4v) is 4.91. The Morgan fingerprint density at radius 2 is 1.84 bits per heavy atom. The van der Waals surface area contributed by atoms with Gasteiger partial charge in [-0.1, -0.05) is 45.2 Å². The Hall–Kier alpha value is -3.15. The van der Waals surface area contributed by atoms with Crippen LogP contribution < -0.4 is 10.6 Å². The van der Waals surface area contributed by atoms with Crippen LogP contribution in [-0.2, 0) is 6.18 Å². The molecular weight excluding hydrogens is 610 g/mol. The largest absolute Gasteiger partial charge is 0.435 e. The number of carbonyl (C=O) groups excluding carboxylic acids is 2. The molecule has 0 unspecified atom stereocenters. The van der Waals surface area contributed by atoms with Crippen molar-refractivity contribution in [2.75, 3.05) is 5.32 Å². The monoisotopic (exact) mass is 625 g/mol. The third-order valence-electron chi connectivity index (χ3n) is 6.13. The second kappa shape index (κ2) is 10.2. The topological polar surface area (TPSA) is 88.9 Å². The Kier molecular flexibility index (Phi) is 7.10. The zero-order valence-electron chi connectivity index (χ0n) is 19.2. The number of nitrogens with one attached hydrogen (secondary N) is 2. The molecule has 0 aliphatic heterocycles. The lowest BCUT2D eigenvalue weighted by atomic mass is 9.92. The molecule has 2 amide bonds. The van der Waals surface area contributed by atoms with Gasteiger partial charge in [-0.3, -0.25) is 9.59 Å². The normalized spacial score (nSPS) is 13.8. The van der Waals surface area contributed by atoms with Crippen LogP contribution in [0.3, 0.4) is 0 Å². The van der Waals surface area contributed by atoms with E-state index in [0.717, 1.165) is 23.7 Å². The van der Waals surface area contributed by atoms with E-state index in [4.69, 9.17) is 23.2 Å². The Morgan fingerprint density at radius 1 is 1.08 bits per heavy atom. The lowest BCUT2D eigenvalue weighted by Crippen LogP contribution is -2.39. The molecule has 1 fully saturated rings. The molecular formula is C25H17BrCl2F3N5O2. The Morgan fingerprint density at radius 3 is 2.50 bits per heavy atom. The van der Waals surface area contributed by atoms with E-state index < -0.39 is 29.4 Å². The van der Waals surface area contributed by atoms with E-state index in [2.05, 4.69) is 36.6 Å². The number of benzene rings is 2. The number of nitrogens with zero attached hydrogens (tertiary/aromatic N) is 3. The van der Waals surface area contributed by atoms with Crippen LogP contribution in [-0.4, -0.2) is 32.6 Å². The summed E-state index contributed by atoms with van der Waals surface area (Å²) >= 11 is 16.2. The maximum absolute atomic E-state index is 13.6. The van der Waals surface area contributed by atoms with Gasteiger partial charge in [0.2, 0.25) is 0 Å². The maximum Gasteiger partial charge on any atom is 0.435 e. The van der Waals surface area contributed by atoms with E-state index in [1.807, 2.05) is 0 Å². The molecule has 38 heavy (non-hydrogen) atoms. The molecule has 7 nitrogen and oxygen atoms in total. The highest BCUT2D eigenvalue weighted by Gasteiger charge is 2.37. The number of carbonyl (C=O) groups is 2. The third kappa shape index (κ3) is 5.10. The molecule has 4 aromatic rings. The third-order valence-corrected chi connectivity index (χ3v) is 7.32. The first-order valence-corrected chi connectivity index (χ1v) is 12.9. The van der Waals surface area contributed by atoms with Gasteiger partial charge in [0, 0.05) is 28.2 Å². The molecule has 0 atom stereocenters. The van der Waals surface area contributed by atoms with E-state index in [0.29, 0.717) is 21.5 Å². The summed E-state index contributed by atoms with van der Waals surface area (Å²) in [6.45, 7) is 0. The predicted molar refractivity (Wildman–Crippen MR) is 141 cm³/mol. The minimum absolute atomic E-state index is 0.00916. The maximum atomic E-state index is 13.6. The molecule has 2 N–H and O–H groups in total. The van der Waals surface area contributed by atoms with E-state index in [-0.39, 0.29) is 33.2 Å². The molecule has 0 radical (unpaired) electrons. The van der Waals surface area contributed by atoms with Gasteiger partial charge in [0.25, 0.3) is 11.8 Å². The summed E-state index contributed by atoms with van der Waals surface area (Å²) in [6.07, 6.45) is -0.904. The molecule has 5 rings (SSSR count). The van der Waals surface area contributed by atoms with Gasteiger partial charge in [-0.05, 0) is 55.0 Å². The molecule has 1 aliphatic rings. The van der Waals surface area contributed by atoms with Crippen LogP contribution in [0.15, 0.2) is 53.1 Å². The van der Waals surface area contributed by atoms with E-state index in [1.165, 1.54) is 18.3 Å². The van der Waals surface area contributed by atoms with Crippen molar-refractivity contribution >= 4 is 67.4 Å². The smallest absolute Gasteiger partial charge is 0.349 e. The second-order valence-corrected chi connectivity index (χ2v) is 10.4. The Balaban J connectivity index is 1.61. The summed E-state index contributed by atoms with van der Waals surface area (Å²) < 4.78 is 42.1. The Bertz CT molecular complexity index is 1590. The summed E-state index contributed by atoms with van der Waals surface area (Å²) in [6, 6.07) is 10.2. The average Bonchev–Trinajstić information content (AvgIpc) is 3.29. The van der Waals surface area contributed by atoms with Crippen LogP contribution >= 0.6 is 39.1 Å². The molecule has 1 saturated carbocycles. The second-order valence-electron chi connectivity index (χ2n) is 8.67. The number of pyridine rings is 1. The lowest BCUT2D eigenvalue weighted by molar-refractivity contribution is -0.141. The van der Waals surface area contributed by atoms with Crippen molar-refractivity contribution < 1.29 is 22.8 Å². The zero-order chi connectivity index (χ0) is 27.2. The lowest BCUT2D eigenvalue weighted by Gasteiger charge is -2.27. The van der Waals surface area contributed by atoms with E-state index in [1.54, 1.807) is 24.3 Å². The summed E-state index contributed by atoms with van der Waals surface area (Å²) in [7, 11) is 0. The number of hydrogen-bond donors (Lipinski definition) is 2. The summed E-state index contributed by atoms with van der Waals surface area (Å²) in [4.78, 5) is 30.6. The molecule has 1 aliphatic carbocycles. The first-order chi connectivity index (χ1) is 18.0.